The fourth-order valence-corrected chi connectivity index (χ4v) is 3.33. The number of carbonyl (C=O) groups is 2. The van der Waals surface area contributed by atoms with E-state index in [-0.39, 0.29) is 22.9 Å². The van der Waals surface area contributed by atoms with Gasteiger partial charge in [-0.3, -0.25) is 14.4 Å². The number of carbonyl (C=O) groups excluding carboxylic acids is 2. The van der Waals surface area contributed by atoms with Crippen molar-refractivity contribution in [3.05, 3.63) is 70.2 Å². The number of rotatable bonds is 4. The minimum absolute atomic E-state index is 0.0637. The number of benzene rings is 1. The summed E-state index contributed by atoms with van der Waals surface area (Å²) in [5, 5.41) is 15.5. The number of nitrogens with one attached hydrogen (secondary N) is 2. The summed E-state index contributed by atoms with van der Waals surface area (Å²) in [6, 6.07) is 7.26. The molecule has 1 aromatic heterocycles. The Labute approximate surface area is 156 Å². The fraction of sp³-hybridized carbons (Fsp3) is 0.250. The molecule has 7 nitrogen and oxygen atoms in total. The number of aromatic nitrogens is 1. The van der Waals surface area contributed by atoms with E-state index < -0.39 is 11.8 Å². The molecule has 0 saturated heterocycles. The third-order valence-corrected chi connectivity index (χ3v) is 4.76. The van der Waals surface area contributed by atoms with E-state index in [1.54, 1.807) is 17.7 Å². The lowest BCUT2D eigenvalue weighted by Gasteiger charge is -2.27. The van der Waals surface area contributed by atoms with Crippen LogP contribution in [0, 0.1) is 0 Å². The van der Waals surface area contributed by atoms with Gasteiger partial charge < -0.3 is 20.3 Å². The van der Waals surface area contributed by atoms with E-state index in [1.807, 2.05) is 0 Å². The van der Waals surface area contributed by atoms with Crippen molar-refractivity contribution in [1.82, 2.24) is 9.88 Å². The molecule has 1 aliphatic carbocycles. The molecule has 0 aliphatic heterocycles. The van der Waals surface area contributed by atoms with Gasteiger partial charge in [-0.1, -0.05) is 6.58 Å². The van der Waals surface area contributed by atoms with Crippen LogP contribution in [0.1, 0.15) is 40.5 Å². The number of hydrogen-bond donors (Lipinski definition) is 3. The van der Waals surface area contributed by atoms with Gasteiger partial charge in [-0.2, -0.15) is 0 Å². The molecule has 140 valence electrons. The first-order valence-electron chi connectivity index (χ1n) is 8.67. The van der Waals surface area contributed by atoms with Crippen LogP contribution < -0.4 is 16.2 Å². The van der Waals surface area contributed by atoms with E-state index >= 15 is 0 Å². The molecule has 0 bridgehead atoms. The Hall–Kier alpha value is -3.35. The van der Waals surface area contributed by atoms with Gasteiger partial charge in [0.1, 0.15) is 5.75 Å². The Kier molecular flexibility index (Phi) is 5.12. The third-order valence-electron chi connectivity index (χ3n) is 4.76. The van der Waals surface area contributed by atoms with Crippen molar-refractivity contribution in [2.24, 2.45) is 7.05 Å². The number of nitrogens with zero attached hydrogens (tertiary/aromatic N) is 1. The van der Waals surface area contributed by atoms with Crippen LogP contribution in [-0.4, -0.2) is 21.5 Å². The second-order valence-electron chi connectivity index (χ2n) is 6.48. The van der Waals surface area contributed by atoms with E-state index in [2.05, 4.69) is 17.2 Å². The van der Waals surface area contributed by atoms with Crippen LogP contribution in [-0.2, 0) is 18.3 Å². The Morgan fingerprint density at radius 2 is 2.07 bits per heavy atom. The van der Waals surface area contributed by atoms with Gasteiger partial charge >= 0.3 is 0 Å². The van der Waals surface area contributed by atoms with Gasteiger partial charge in [0, 0.05) is 24.5 Å². The van der Waals surface area contributed by atoms with E-state index in [9.17, 15) is 19.5 Å². The van der Waals surface area contributed by atoms with E-state index in [0.717, 1.165) is 36.6 Å². The molecule has 2 amide bonds. The van der Waals surface area contributed by atoms with Crippen LogP contribution in [0.15, 0.2) is 47.8 Å². The number of amides is 2. The lowest BCUT2D eigenvalue weighted by molar-refractivity contribution is -0.111. The maximum atomic E-state index is 12.7. The first kappa shape index (κ1) is 18.4. The third kappa shape index (κ3) is 3.76. The Morgan fingerprint density at radius 1 is 1.30 bits per heavy atom. The Balaban J connectivity index is 1.86. The van der Waals surface area contributed by atoms with Crippen LogP contribution in [0.3, 0.4) is 0 Å². The fourth-order valence-electron chi connectivity index (χ4n) is 3.33. The van der Waals surface area contributed by atoms with Crippen LogP contribution in [0.25, 0.3) is 0 Å². The molecule has 1 aromatic carbocycles. The predicted molar refractivity (Wildman–Crippen MR) is 102 cm³/mol. The molecule has 3 rings (SSSR count). The number of anilines is 1. The highest BCUT2D eigenvalue weighted by atomic mass is 16.3. The number of hydrogen-bond acceptors (Lipinski definition) is 4. The van der Waals surface area contributed by atoms with E-state index in [0.29, 0.717) is 5.69 Å². The minimum atomic E-state index is -0.450. The number of aromatic hydroxyl groups is 1. The molecule has 0 saturated carbocycles. The van der Waals surface area contributed by atoms with Gasteiger partial charge in [0.15, 0.2) is 0 Å². The summed E-state index contributed by atoms with van der Waals surface area (Å²) < 4.78 is 1.61. The number of phenols is 1. The van der Waals surface area contributed by atoms with Gasteiger partial charge in [0.2, 0.25) is 11.5 Å². The van der Waals surface area contributed by atoms with E-state index in [4.69, 9.17) is 0 Å². The zero-order valence-corrected chi connectivity index (χ0v) is 15.0. The van der Waals surface area contributed by atoms with Crippen molar-refractivity contribution in [2.45, 2.75) is 25.3 Å². The Bertz CT molecular complexity index is 978. The van der Waals surface area contributed by atoms with Crippen LogP contribution >= 0.6 is 0 Å². The maximum absolute atomic E-state index is 12.7. The van der Waals surface area contributed by atoms with Crippen LogP contribution in [0.4, 0.5) is 5.69 Å². The molecular weight excluding hydrogens is 346 g/mol. The summed E-state index contributed by atoms with van der Waals surface area (Å²) in [5.41, 5.74) is 2.19. The van der Waals surface area contributed by atoms with Gasteiger partial charge in [-0.25, -0.2) is 0 Å². The molecule has 27 heavy (non-hydrogen) atoms. The van der Waals surface area contributed by atoms with Crippen LogP contribution in [0.2, 0.25) is 0 Å². The molecule has 0 unspecified atom stereocenters. The highest BCUT2D eigenvalue weighted by Gasteiger charge is 2.25. The Morgan fingerprint density at radius 3 is 2.81 bits per heavy atom. The molecule has 1 atom stereocenters. The molecular formula is C20H21N3O4. The lowest BCUT2D eigenvalue weighted by atomic mass is 9.90. The van der Waals surface area contributed by atoms with Crippen molar-refractivity contribution in [1.29, 1.82) is 0 Å². The quantitative estimate of drug-likeness (QED) is 0.568. The molecule has 1 heterocycles. The first-order chi connectivity index (χ1) is 12.9. The van der Waals surface area contributed by atoms with Gasteiger partial charge in [0.25, 0.3) is 5.91 Å². The molecule has 3 N–H and O–H groups in total. The molecule has 0 fully saturated rings. The summed E-state index contributed by atoms with van der Waals surface area (Å²) in [4.78, 5) is 36.0. The summed E-state index contributed by atoms with van der Waals surface area (Å²) >= 11 is 0. The van der Waals surface area contributed by atoms with E-state index in [1.165, 1.54) is 24.3 Å². The van der Waals surface area contributed by atoms with Gasteiger partial charge in [-0.15, -0.1) is 0 Å². The standard InChI is InChI=1S/C20H21N3O4/c1-3-18(25)21-12-7-9-17(24)14(11-12)20(27)22-15-5-4-6-16-13(15)8-10-19(26)23(16)2/h3,7-11,15,24H,1,4-6H2,2H3,(H,21,25)(H,22,27)/t15-/m0/s1. The van der Waals surface area contributed by atoms with Crippen molar-refractivity contribution < 1.29 is 14.7 Å². The molecule has 1 aliphatic rings. The summed E-state index contributed by atoms with van der Waals surface area (Å²) in [6.07, 6.45) is 3.49. The highest BCUT2D eigenvalue weighted by molar-refractivity contribution is 6.02. The van der Waals surface area contributed by atoms with Crippen LogP contribution in [0.5, 0.6) is 5.75 Å². The monoisotopic (exact) mass is 367 g/mol. The normalized spacial score (nSPS) is 15.5. The minimum Gasteiger partial charge on any atom is -0.507 e. The SMILES string of the molecule is C=CC(=O)Nc1ccc(O)c(C(=O)N[C@H]2CCCc3c2ccc(=O)n3C)c1. The number of pyridine rings is 1. The zero-order valence-electron chi connectivity index (χ0n) is 15.0. The molecule has 0 radical (unpaired) electrons. The number of fused-ring (bicyclic) bond motifs is 1. The van der Waals surface area contributed by atoms with Gasteiger partial charge in [-0.05, 0) is 55.2 Å². The molecule has 0 spiro atoms. The first-order valence-corrected chi connectivity index (χ1v) is 8.67. The van der Waals surface area contributed by atoms with Crippen molar-refractivity contribution in [3.63, 3.8) is 0 Å². The average Bonchev–Trinajstić information content (AvgIpc) is 2.66. The zero-order chi connectivity index (χ0) is 19.6. The smallest absolute Gasteiger partial charge is 0.255 e. The lowest BCUT2D eigenvalue weighted by Crippen LogP contribution is -2.34. The summed E-state index contributed by atoms with van der Waals surface area (Å²) in [5.74, 6) is -1.04. The van der Waals surface area contributed by atoms with Crippen molar-refractivity contribution in [2.75, 3.05) is 5.32 Å². The summed E-state index contributed by atoms with van der Waals surface area (Å²) in [6.45, 7) is 3.38. The average molecular weight is 367 g/mol. The summed E-state index contributed by atoms with van der Waals surface area (Å²) in [7, 11) is 1.73. The molecule has 2 aromatic rings. The maximum Gasteiger partial charge on any atom is 0.255 e. The second-order valence-corrected chi connectivity index (χ2v) is 6.48. The van der Waals surface area contributed by atoms with Crippen molar-refractivity contribution >= 4 is 17.5 Å². The molecule has 7 heteroatoms. The highest BCUT2D eigenvalue weighted by Crippen LogP contribution is 2.30. The van der Waals surface area contributed by atoms with Gasteiger partial charge in [0.05, 0.1) is 11.6 Å². The predicted octanol–water partition coefficient (Wildman–Crippen LogP) is 2.02. The topological polar surface area (TPSA) is 100 Å². The van der Waals surface area contributed by atoms with Crippen molar-refractivity contribution in [3.8, 4) is 5.75 Å². The second kappa shape index (κ2) is 7.49. The number of phenolic OH excluding ortho intramolecular Hbond substituents is 1. The largest absolute Gasteiger partial charge is 0.507 e.